The maximum Gasteiger partial charge on any atom is 0.308 e. The van der Waals surface area contributed by atoms with Gasteiger partial charge in [0, 0.05) is 17.6 Å². The van der Waals surface area contributed by atoms with E-state index in [1.165, 1.54) is 0 Å². The second kappa shape index (κ2) is 12.7. The van der Waals surface area contributed by atoms with Crippen molar-refractivity contribution >= 4 is 51.0 Å². The van der Waals surface area contributed by atoms with Crippen molar-refractivity contribution in [2.75, 3.05) is 26.3 Å². The normalized spacial score (nSPS) is 15.8. The van der Waals surface area contributed by atoms with Crippen LogP contribution in [0, 0.1) is 5.92 Å². The monoisotopic (exact) mass is 527 g/mol. The van der Waals surface area contributed by atoms with Crippen LogP contribution in [0.1, 0.15) is 50.4 Å². The first kappa shape index (κ1) is 26.1. The number of halogens is 1. The third-order valence-electron chi connectivity index (χ3n) is 4.78. The highest BCUT2D eigenvalue weighted by Crippen LogP contribution is 2.24. The zero-order valence-electron chi connectivity index (χ0n) is 18.6. The van der Waals surface area contributed by atoms with Gasteiger partial charge in [-0.1, -0.05) is 36.7 Å². The molecule has 1 aliphatic rings. The number of nitrogens with zero attached hydrogens (tertiary/aromatic N) is 1. The maximum absolute atomic E-state index is 12.9. The Morgan fingerprint density at radius 3 is 2.78 bits per heavy atom. The zero-order valence-corrected chi connectivity index (χ0v) is 21.0. The van der Waals surface area contributed by atoms with Crippen LogP contribution in [0.4, 0.5) is 0 Å². The molecule has 2 amide bonds. The summed E-state index contributed by atoms with van der Waals surface area (Å²) in [4.78, 5) is 39.2. The number of rotatable bonds is 9. The Labute approximate surface area is 202 Å². The van der Waals surface area contributed by atoms with E-state index in [0.717, 1.165) is 17.3 Å². The smallest absolute Gasteiger partial charge is 0.308 e. The van der Waals surface area contributed by atoms with E-state index in [0.29, 0.717) is 43.5 Å². The van der Waals surface area contributed by atoms with Gasteiger partial charge in [0.25, 0.3) is 5.91 Å². The Morgan fingerprint density at radius 2 is 2.09 bits per heavy atom. The number of hydrogen-bond acceptors (Lipinski definition) is 6. The zero-order chi connectivity index (χ0) is 23.7. The van der Waals surface area contributed by atoms with Crippen molar-refractivity contribution in [1.82, 2.24) is 15.5 Å². The van der Waals surface area contributed by atoms with E-state index < -0.39 is 17.9 Å². The standard InChI is InChI=1S/C22H30BrN3O5S/c1-4-10-30-18-6-5-15(23)12-16(18)20(28)25-22(32)26-9-8-24-21(29)17(26)13-19(27)31-11-7-14(2)3/h5-6,12,14,17H,4,7-11,13H2,1-3H3,(H,24,29)(H,25,28,32). The minimum Gasteiger partial charge on any atom is -0.493 e. The summed E-state index contributed by atoms with van der Waals surface area (Å²) < 4.78 is 11.6. The second-order valence-corrected chi connectivity index (χ2v) is 9.16. The van der Waals surface area contributed by atoms with Crippen LogP contribution in [-0.4, -0.2) is 60.1 Å². The Hall–Kier alpha value is -2.20. The van der Waals surface area contributed by atoms with Crippen molar-refractivity contribution in [3.63, 3.8) is 0 Å². The van der Waals surface area contributed by atoms with Crippen molar-refractivity contribution in [2.45, 2.75) is 46.1 Å². The van der Waals surface area contributed by atoms with Crippen LogP contribution in [0.5, 0.6) is 5.75 Å². The molecule has 1 aromatic carbocycles. The Bertz CT molecular complexity index is 849. The molecule has 8 nitrogen and oxygen atoms in total. The number of piperazine rings is 1. The van der Waals surface area contributed by atoms with Crippen molar-refractivity contribution in [1.29, 1.82) is 0 Å². The van der Waals surface area contributed by atoms with Gasteiger partial charge in [-0.2, -0.15) is 0 Å². The van der Waals surface area contributed by atoms with Crippen LogP contribution >= 0.6 is 28.1 Å². The first-order valence-corrected chi connectivity index (χ1v) is 11.9. The SMILES string of the molecule is CCCOc1ccc(Br)cc1C(=O)NC(=S)N1CCNC(=O)C1CC(=O)OCCC(C)C. The number of carbonyl (C=O) groups is 3. The van der Waals surface area contributed by atoms with Crippen LogP contribution in [-0.2, 0) is 14.3 Å². The third kappa shape index (κ3) is 7.74. The molecule has 0 bridgehead atoms. The van der Waals surface area contributed by atoms with E-state index in [4.69, 9.17) is 21.7 Å². The van der Waals surface area contributed by atoms with Gasteiger partial charge in [0.15, 0.2) is 5.11 Å². The summed E-state index contributed by atoms with van der Waals surface area (Å²) in [5.74, 6) is -0.412. The van der Waals surface area contributed by atoms with E-state index in [9.17, 15) is 14.4 Å². The summed E-state index contributed by atoms with van der Waals surface area (Å²) >= 11 is 8.79. The number of hydrogen-bond donors (Lipinski definition) is 2. The fourth-order valence-corrected chi connectivity index (χ4v) is 3.71. The molecule has 0 aliphatic carbocycles. The van der Waals surface area contributed by atoms with Crippen LogP contribution in [0.3, 0.4) is 0 Å². The number of amides is 2. The Balaban J connectivity index is 2.08. The van der Waals surface area contributed by atoms with E-state index >= 15 is 0 Å². The molecule has 176 valence electrons. The molecule has 1 saturated heterocycles. The fraction of sp³-hybridized carbons (Fsp3) is 0.545. The number of benzene rings is 1. The third-order valence-corrected chi connectivity index (χ3v) is 5.61. The van der Waals surface area contributed by atoms with E-state index in [1.54, 1.807) is 23.1 Å². The lowest BCUT2D eigenvalue weighted by atomic mass is 10.1. The van der Waals surface area contributed by atoms with Gasteiger partial charge in [0.05, 0.1) is 25.2 Å². The predicted molar refractivity (Wildman–Crippen MR) is 129 cm³/mol. The number of ether oxygens (including phenoxy) is 2. The molecule has 2 N–H and O–H groups in total. The Morgan fingerprint density at radius 1 is 1.34 bits per heavy atom. The largest absolute Gasteiger partial charge is 0.493 e. The molecule has 1 fully saturated rings. The quantitative estimate of drug-likeness (QED) is 0.376. The molecule has 1 atom stereocenters. The van der Waals surface area contributed by atoms with E-state index in [1.807, 2.05) is 20.8 Å². The first-order valence-electron chi connectivity index (χ1n) is 10.7. The minimum absolute atomic E-state index is 0.0752. The minimum atomic E-state index is -0.846. The first-order chi connectivity index (χ1) is 15.2. The lowest BCUT2D eigenvalue weighted by Gasteiger charge is -2.36. The van der Waals surface area contributed by atoms with Gasteiger partial charge in [0.2, 0.25) is 5.91 Å². The van der Waals surface area contributed by atoms with Crippen LogP contribution in [0.25, 0.3) is 0 Å². The molecule has 1 aliphatic heterocycles. The van der Waals surface area contributed by atoms with Gasteiger partial charge < -0.3 is 19.7 Å². The van der Waals surface area contributed by atoms with Gasteiger partial charge in [-0.05, 0) is 49.2 Å². The average Bonchev–Trinajstić information content (AvgIpc) is 2.73. The van der Waals surface area contributed by atoms with Crippen molar-refractivity contribution in [3.05, 3.63) is 28.2 Å². The van der Waals surface area contributed by atoms with Crippen molar-refractivity contribution in [3.8, 4) is 5.75 Å². The average molecular weight is 528 g/mol. The second-order valence-electron chi connectivity index (χ2n) is 7.86. The summed E-state index contributed by atoms with van der Waals surface area (Å²) in [5, 5.41) is 5.49. The number of nitrogens with one attached hydrogen (secondary N) is 2. The lowest BCUT2D eigenvalue weighted by molar-refractivity contribution is -0.147. The summed E-state index contributed by atoms with van der Waals surface area (Å²) in [5.41, 5.74) is 0.321. The molecular formula is C22H30BrN3O5S. The fourth-order valence-electron chi connectivity index (χ4n) is 3.04. The molecule has 0 saturated carbocycles. The molecule has 1 aromatic rings. The number of thiocarbonyl (C=S) groups is 1. The van der Waals surface area contributed by atoms with Crippen molar-refractivity contribution in [2.24, 2.45) is 5.92 Å². The van der Waals surface area contributed by atoms with Gasteiger partial charge in [-0.25, -0.2) is 0 Å². The molecule has 1 heterocycles. The molecule has 0 aromatic heterocycles. The summed E-state index contributed by atoms with van der Waals surface area (Å²) in [6.07, 6.45) is 1.39. The molecule has 10 heteroatoms. The highest BCUT2D eigenvalue weighted by molar-refractivity contribution is 9.10. The van der Waals surface area contributed by atoms with E-state index in [2.05, 4.69) is 26.6 Å². The number of esters is 1. The van der Waals surface area contributed by atoms with Gasteiger partial charge in [0.1, 0.15) is 11.8 Å². The maximum atomic E-state index is 12.9. The van der Waals surface area contributed by atoms with Gasteiger partial charge in [-0.15, -0.1) is 0 Å². The molecule has 0 spiro atoms. The lowest BCUT2D eigenvalue weighted by Crippen LogP contribution is -2.60. The van der Waals surface area contributed by atoms with Crippen molar-refractivity contribution < 1.29 is 23.9 Å². The molecule has 32 heavy (non-hydrogen) atoms. The summed E-state index contributed by atoms with van der Waals surface area (Å²) in [6, 6.07) is 4.30. The van der Waals surface area contributed by atoms with Crippen LogP contribution in [0.15, 0.2) is 22.7 Å². The Kier molecular flexibility index (Phi) is 10.4. The summed E-state index contributed by atoms with van der Waals surface area (Å²) in [7, 11) is 0. The molecule has 2 rings (SSSR count). The van der Waals surface area contributed by atoms with Crippen LogP contribution < -0.4 is 15.4 Å². The topological polar surface area (TPSA) is 97.0 Å². The highest BCUT2D eigenvalue weighted by Gasteiger charge is 2.34. The molecule has 0 radical (unpaired) electrons. The van der Waals surface area contributed by atoms with Crippen LogP contribution in [0.2, 0.25) is 0 Å². The van der Waals surface area contributed by atoms with Gasteiger partial charge >= 0.3 is 5.97 Å². The molecule has 1 unspecified atom stereocenters. The molecular weight excluding hydrogens is 498 g/mol. The predicted octanol–water partition coefficient (Wildman–Crippen LogP) is 3.03. The van der Waals surface area contributed by atoms with E-state index in [-0.39, 0.29) is 17.4 Å². The van der Waals surface area contributed by atoms with Gasteiger partial charge in [-0.3, -0.25) is 19.7 Å². The highest BCUT2D eigenvalue weighted by atomic mass is 79.9. The number of carbonyl (C=O) groups excluding carboxylic acids is 3. The summed E-state index contributed by atoms with van der Waals surface area (Å²) in [6.45, 7) is 7.55.